The highest BCUT2D eigenvalue weighted by Gasteiger charge is 2.05. The maximum absolute atomic E-state index is 6.06. The Labute approximate surface area is 197 Å². The summed E-state index contributed by atoms with van der Waals surface area (Å²) < 4.78 is 10.6. The van der Waals surface area contributed by atoms with Gasteiger partial charge in [0.05, 0.1) is 19.7 Å². The van der Waals surface area contributed by atoms with Crippen LogP contribution in [0.25, 0.3) is 10.9 Å². The predicted octanol–water partition coefficient (Wildman–Crippen LogP) is 5.35. The van der Waals surface area contributed by atoms with E-state index in [9.17, 15) is 0 Å². The van der Waals surface area contributed by atoms with E-state index < -0.39 is 0 Å². The van der Waals surface area contributed by atoms with Gasteiger partial charge in [-0.3, -0.25) is 4.98 Å². The third-order valence-corrected chi connectivity index (χ3v) is 5.17. The van der Waals surface area contributed by atoms with Crippen molar-refractivity contribution in [2.45, 2.75) is 6.42 Å². The van der Waals surface area contributed by atoms with Crippen molar-refractivity contribution < 1.29 is 9.47 Å². The monoisotopic (exact) mass is 464 g/mol. The summed E-state index contributed by atoms with van der Waals surface area (Å²) >= 11 is 6.06. The number of nitrogens with zero attached hydrogens (tertiary/aromatic N) is 3. The Morgan fingerprint density at radius 1 is 0.848 bits per heavy atom. The smallest absolute Gasteiger partial charge is 0.224 e. The van der Waals surface area contributed by atoms with Crippen molar-refractivity contribution in [1.82, 2.24) is 15.0 Å². The van der Waals surface area contributed by atoms with Crippen molar-refractivity contribution in [3.8, 4) is 11.5 Å². The summed E-state index contributed by atoms with van der Waals surface area (Å²) in [6.07, 6.45) is 4.37. The molecule has 170 valence electrons. The highest BCUT2D eigenvalue weighted by molar-refractivity contribution is 6.31. The second-order valence-electron chi connectivity index (χ2n) is 7.22. The van der Waals surface area contributed by atoms with E-state index in [0.717, 1.165) is 41.8 Å². The first-order valence-corrected chi connectivity index (χ1v) is 10.9. The lowest BCUT2D eigenvalue weighted by Gasteiger charge is -2.12. The van der Waals surface area contributed by atoms with Crippen LogP contribution in [0.3, 0.4) is 0 Å². The standard InChI is InChI=1S/C24H25ClN6O2/c1-32-18-13-17(14-19(15-18)33-2)30-23-7-11-29-24(31-23)28-9-3-8-26-21-6-10-27-22-12-16(25)4-5-20(21)22/h4-7,10-15H,3,8-9H2,1-2H3,(H,26,27)(H2,28,29,30,31). The SMILES string of the molecule is COc1cc(Nc2ccnc(NCCCNc3ccnc4cc(Cl)ccc34)n2)cc(OC)c1. The Morgan fingerprint density at radius 2 is 1.61 bits per heavy atom. The van der Waals surface area contributed by atoms with Gasteiger partial charge in [0.2, 0.25) is 5.95 Å². The van der Waals surface area contributed by atoms with Gasteiger partial charge < -0.3 is 25.4 Å². The van der Waals surface area contributed by atoms with Crippen molar-refractivity contribution >= 4 is 45.6 Å². The van der Waals surface area contributed by atoms with Crippen LogP contribution in [0, 0.1) is 0 Å². The molecule has 0 aliphatic rings. The molecule has 0 spiro atoms. The van der Waals surface area contributed by atoms with Gasteiger partial charge in [-0.05, 0) is 36.8 Å². The lowest BCUT2D eigenvalue weighted by molar-refractivity contribution is 0.395. The van der Waals surface area contributed by atoms with E-state index in [1.807, 2.05) is 42.5 Å². The fraction of sp³-hybridized carbons (Fsp3) is 0.208. The molecule has 0 saturated heterocycles. The molecule has 2 heterocycles. The van der Waals surface area contributed by atoms with Crippen LogP contribution in [0.4, 0.5) is 23.1 Å². The van der Waals surface area contributed by atoms with Crippen LogP contribution in [0.5, 0.6) is 11.5 Å². The van der Waals surface area contributed by atoms with Gasteiger partial charge in [-0.25, -0.2) is 4.98 Å². The Hall–Kier alpha value is -3.78. The Balaban J connectivity index is 1.30. The van der Waals surface area contributed by atoms with Crippen molar-refractivity contribution in [2.75, 3.05) is 43.3 Å². The van der Waals surface area contributed by atoms with Gasteiger partial charge in [-0.2, -0.15) is 4.98 Å². The van der Waals surface area contributed by atoms with Gasteiger partial charge in [0.1, 0.15) is 17.3 Å². The summed E-state index contributed by atoms with van der Waals surface area (Å²) in [6, 6.07) is 15.1. The first-order chi connectivity index (χ1) is 16.1. The molecule has 33 heavy (non-hydrogen) atoms. The molecule has 0 bridgehead atoms. The van der Waals surface area contributed by atoms with E-state index >= 15 is 0 Å². The topological polar surface area (TPSA) is 93.2 Å². The van der Waals surface area contributed by atoms with Crippen molar-refractivity contribution in [3.05, 3.63) is 65.9 Å². The second kappa shape index (κ2) is 10.7. The number of anilines is 4. The maximum atomic E-state index is 6.06. The van der Waals surface area contributed by atoms with Gasteiger partial charge in [0, 0.05) is 65.5 Å². The number of ether oxygens (including phenoxy) is 2. The number of aromatic nitrogens is 3. The maximum Gasteiger partial charge on any atom is 0.224 e. The molecule has 0 aliphatic carbocycles. The average molecular weight is 465 g/mol. The summed E-state index contributed by atoms with van der Waals surface area (Å²) in [7, 11) is 3.24. The minimum Gasteiger partial charge on any atom is -0.497 e. The Morgan fingerprint density at radius 3 is 2.39 bits per heavy atom. The first kappa shape index (κ1) is 22.4. The number of rotatable bonds is 10. The van der Waals surface area contributed by atoms with Gasteiger partial charge in [0.15, 0.2) is 0 Å². The number of nitrogens with one attached hydrogen (secondary N) is 3. The molecule has 0 amide bonds. The molecule has 4 rings (SSSR count). The first-order valence-electron chi connectivity index (χ1n) is 10.5. The highest BCUT2D eigenvalue weighted by atomic mass is 35.5. The molecule has 0 saturated carbocycles. The number of methoxy groups -OCH3 is 2. The van der Waals surface area contributed by atoms with Gasteiger partial charge in [-0.15, -0.1) is 0 Å². The van der Waals surface area contributed by atoms with Gasteiger partial charge in [0.25, 0.3) is 0 Å². The number of hydrogen-bond donors (Lipinski definition) is 3. The minimum absolute atomic E-state index is 0.555. The molecule has 4 aromatic rings. The van der Waals surface area contributed by atoms with E-state index in [1.54, 1.807) is 32.7 Å². The van der Waals surface area contributed by atoms with Crippen LogP contribution < -0.4 is 25.4 Å². The molecule has 0 radical (unpaired) electrons. The predicted molar refractivity (Wildman–Crippen MR) is 133 cm³/mol. The summed E-state index contributed by atoms with van der Waals surface area (Å²) in [6.45, 7) is 1.51. The van der Waals surface area contributed by atoms with Crippen LogP contribution in [0.1, 0.15) is 6.42 Å². The molecule has 0 aliphatic heterocycles. The van der Waals surface area contributed by atoms with Crippen molar-refractivity contribution in [1.29, 1.82) is 0 Å². The van der Waals surface area contributed by atoms with Crippen LogP contribution in [0.15, 0.2) is 60.9 Å². The number of pyridine rings is 1. The van der Waals surface area contributed by atoms with Crippen LogP contribution >= 0.6 is 11.6 Å². The molecule has 9 heteroatoms. The molecule has 2 aromatic heterocycles. The number of fused-ring (bicyclic) bond motifs is 1. The van der Waals surface area contributed by atoms with Crippen LogP contribution in [0.2, 0.25) is 5.02 Å². The lowest BCUT2D eigenvalue weighted by Crippen LogP contribution is -2.11. The zero-order valence-electron chi connectivity index (χ0n) is 18.4. The molecule has 3 N–H and O–H groups in total. The number of halogens is 1. The Bertz CT molecular complexity index is 1210. The third-order valence-electron chi connectivity index (χ3n) is 4.94. The van der Waals surface area contributed by atoms with E-state index in [4.69, 9.17) is 21.1 Å². The quantitative estimate of drug-likeness (QED) is 0.270. The molecule has 2 aromatic carbocycles. The normalized spacial score (nSPS) is 10.6. The molecule has 0 fully saturated rings. The number of benzene rings is 2. The molecular weight excluding hydrogens is 440 g/mol. The largest absolute Gasteiger partial charge is 0.497 e. The molecular formula is C24H25ClN6O2. The zero-order valence-corrected chi connectivity index (χ0v) is 19.2. The summed E-state index contributed by atoms with van der Waals surface area (Å²) in [5.41, 5.74) is 2.72. The van der Waals surface area contributed by atoms with Gasteiger partial charge in [-0.1, -0.05) is 11.6 Å². The fourth-order valence-corrected chi connectivity index (χ4v) is 3.49. The van der Waals surface area contributed by atoms with Gasteiger partial charge >= 0.3 is 0 Å². The van der Waals surface area contributed by atoms with Crippen molar-refractivity contribution in [3.63, 3.8) is 0 Å². The van der Waals surface area contributed by atoms with E-state index in [1.165, 1.54) is 0 Å². The van der Waals surface area contributed by atoms with Crippen LogP contribution in [-0.2, 0) is 0 Å². The van der Waals surface area contributed by atoms with E-state index in [2.05, 4.69) is 30.9 Å². The molecule has 8 nitrogen and oxygen atoms in total. The summed E-state index contributed by atoms with van der Waals surface area (Å²) in [5, 5.41) is 11.7. The molecule has 0 atom stereocenters. The zero-order chi connectivity index (χ0) is 23.0. The second-order valence-corrected chi connectivity index (χ2v) is 7.66. The summed E-state index contributed by atoms with van der Waals surface area (Å²) in [4.78, 5) is 13.2. The Kier molecular flexibility index (Phi) is 7.26. The fourth-order valence-electron chi connectivity index (χ4n) is 3.33. The van der Waals surface area contributed by atoms with E-state index in [-0.39, 0.29) is 0 Å². The molecule has 0 unspecified atom stereocenters. The minimum atomic E-state index is 0.555. The average Bonchev–Trinajstić information content (AvgIpc) is 2.83. The lowest BCUT2D eigenvalue weighted by atomic mass is 10.2. The third kappa shape index (κ3) is 5.93. The number of hydrogen-bond acceptors (Lipinski definition) is 8. The van der Waals surface area contributed by atoms with E-state index in [0.29, 0.717) is 28.3 Å². The highest BCUT2D eigenvalue weighted by Crippen LogP contribution is 2.28. The summed E-state index contributed by atoms with van der Waals surface area (Å²) in [5.74, 6) is 2.62. The van der Waals surface area contributed by atoms with Crippen molar-refractivity contribution in [2.24, 2.45) is 0 Å². The van der Waals surface area contributed by atoms with Crippen LogP contribution in [-0.4, -0.2) is 42.3 Å².